The third kappa shape index (κ3) is 5.15. The maximum atomic E-state index is 14.2. The zero-order valence-corrected chi connectivity index (χ0v) is 17.6. The van der Waals surface area contributed by atoms with Crippen LogP contribution in [0.2, 0.25) is 0 Å². The first kappa shape index (κ1) is 21.1. The predicted molar refractivity (Wildman–Crippen MR) is 120 cm³/mol. The molecule has 0 saturated carbocycles. The van der Waals surface area contributed by atoms with E-state index in [0.717, 1.165) is 62.4 Å². The number of nitrogen functional groups attached to an aromatic ring is 1. The predicted octanol–water partition coefficient (Wildman–Crippen LogP) is 3.89. The van der Waals surface area contributed by atoms with Gasteiger partial charge in [-0.2, -0.15) is 0 Å². The lowest BCUT2D eigenvalue weighted by Gasteiger charge is -2.26. The van der Waals surface area contributed by atoms with Gasteiger partial charge >= 0.3 is 0 Å². The van der Waals surface area contributed by atoms with E-state index >= 15 is 0 Å². The maximum absolute atomic E-state index is 14.2. The largest absolute Gasteiger partial charge is 0.495 e. The zero-order valence-electron chi connectivity index (χ0n) is 17.6. The van der Waals surface area contributed by atoms with Crippen molar-refractivity contribution >= 4 is 22.3 Å². The smallest absolute Gasteiger partial charge is 0.167 e. The van der Waals surface area contributed by atoms with Crippen molar-refractivity contribution in [3.05, 3.63) is 48.4 Å². The lowest BCUT2D eigenvalue weighted by atomic mass is 10.1. The van der Waals surface area contributed by atoms with Crippen LogP contribution in [0.5, 0.6) is 17.2 Å². The summed E-state index contributed by atoms with van der Waals surface area (Å²) in [7, 11) is 1.62. The third-order valence-electron chi connectivity index (χ3n) is 5.27. The van der Waals surface area contributed by atoms with Gasteiger partial charge in [0.25, 0.3) is 0 Å². The average Bonchev–Trinajstić information content (AvgIpc) is 2.79. The van der Waals surface area contributed by atoms with Gasteiger partial charge in [0.15, 0.2) is 11.6 Å². The number of ether oxygens (including phenoxy) is 3. The van der Waals surface area contributed by atoms with Gasteiger partial charge < -0.3 is 25.3 Å². The molecule has 2 heterocycles. The number of nitrogens with two attached hydrogens (primary N) is 1. The van der Waals surface area contributed by atoms with E-state index in [1.165, 1.54) is 12.1 Å². The Morgan fingerprint density at radius 2 is 1.97 bits per heavy atom. The second-order valence-corrected chi connectivity index (χ2v) is 7.40. The lowest BCUT2D eigenvalue weighted by Crippen LogP contribution is -2.37. The first-order valence-electron chi connectivity index (χ1n) is 10.4. The Hall–Kier alpha value is -3.10. The molecule has 7 nitrogen and oxygen atoms in total. The number of benzene rings is 2. The van der Waals surface area contributed by atoms with Gasteiger partial charge in [-0.1, -0.05) is 0 Å². The van der Waals surface area contributed by atoms with Gasteiger partial charge in [-0.05, 0) is 43.3 Å². The van der Waals surface area contributed by atoms with E-state index in [1.54, 1.807) is 25.4 Å². The molecule has 8 heteroatoms. The summed E-state index contributed by atoms with van der Waals surface area (Å²) in [5.74, 6) is 0.752. The summed E-state index contributed by atoms with van der Waals surface area (Å²) in [5.41, 5.74) is 7.55. The number of hydrogen-bond donors (Lipinski definition) is 2. The number of anilines is 2. The maximum Gasteiger partial charge on any atom is 0.167 e. The summed E-state index contributed by atoms with van der Waals surface area (Å²) >= 11 is 0. The summed E-state index contributed by atoms with van der Waals surface area (Å²) in [6.07, 6.45) is 2.65. The number of rotatable bonds is 8. The molecule has 1 fully saturated rings. The van der Waals surface area contributed by atoms with Gasteiger partial charge in [0.05, 0.1) is 31.5 Å². The molecule has 0 spiro atoms. The highest BCUT2D eigenvalue weighted by atomic mass is 19.1. The lowest BCUT2D eigenvalue weighted by molar-refractivity contribution is 0.0378. The Morgan fingerprint density at radius 1 is 1.13 bits per heavy atom. The van der Waals surface area contributed by atoms with E-state index < -0.39 is 5.82 Å². The van der Waals surface area contributed by atoms with Gasteiger partial charge in [-0.25, -0.2) is 4.39 Å². The van der Waals surface area contributed by atoms with Gasteiger partial charge in [0.2, 0.25) is 0 Å². The summed E-state index contributed by atoms with van der Waals surface area (Å²) < 4.78 is 31.0. The summed E-state index contributed by atoms with van der Waals surface area (Å²) in [6.45, 7) is 5.42. The minimum Gasteiger partial charge on any atom is -0.495 e. The van der Waals surface area contributed by atoms with Crippen LogP contribution < -0.4 is 20.5 Å². The van der Waals surface area contributed by atoms with Crippen molar-refractivity contribution < 1.29 is 18.6 Å². The van der Waals surface area contributed by atoms with Crippen LogP contribution in [0.3, 0.4) is 0 Å². The van der Waals surface area contributed by atoms with Crippen LogP contribution in [0.4, 0.5) is 15.8 Å². The van der Waals surface area contributed by atoms with E-state index in [4.69, 9.17) is 19.9 Å². The molecule has 0 radical (unpaired) electrons. The molecule has 1 aliphatic heterocycles. The normalized spacial score (nSPS) is 14.5. The SMILES string of the molecule is COc1cc2c(Oc3ccc(N)cc3F)ccnc2cc1NCCCN1CCOCC1. The summed E-state index contributed by atoms with van der Waals surface area (Å²) in [6, 6.07) is 9.83. The number of fused-ring (bicyclic) bond motifs is 1. The first-order valence-corrected chi connectivity index (χ1v) is 10.4. The second-order valence-electron chi connectivity index (χ2n) is 7.40. The van der Waals surface area contributed by atoms with Crippen LogP contribution in [-0.2, 0) is 4.74 Å². The van der Waals surface area contributed by atoms with Crippen LogP contribution in [0.25, 0.3) is 10.9 Å². The van der Waals surface area contributed by atoms with Crippen molar-refractivity contribution in [2.45, 2.75) is 6.42 Å². The van der Waals surface area contributed by atoms with E-state index in [-0.39, 0.29) is 5.75 Å². The Balaban J connectivity index is 1.49. The van der Waals surface area contributed by atoms with Gasteiger partial charge in [-0.15, -0.1) is 0 Å². The molecule has 0 bridgehead atoms. The molecule has 0 amide bonds. The topological polar surface area (TPSA) is 81.9 Å². The van der Waals surface area contributed by atoms with Crippen molar-refractivity contribution in [2.75, 3.05) is 57.6 Å². The van der Waals surface area contributed by atoms with Gasteiger partial charge in [0.1, 0.15) is 11.5 Å². The quantitative estimate of drug-likeness (QED) is 0.418. The number of methoxy groups -OCH3 is 1. The molecular formula is C23H27FN4O3. The highest BCUT2D eigenvalue weighted by Gasteiger charge is 2.13. The summed E-state index contributed by atoms with van der Waals surface area (Å²) in [4.78, 5) is 6.85. The van der Waals surface area contributed by atoms with Gasteiger partial charge in [-0.3, -0.25) is 9.88 Å². The fourth-order valence-corrected chi connectivity index (χ4v) is 3.61. The second kappa shape index (κ2) is 9.80. The molecule has 3 aromatic rings. The number of pyridine rings is 1. The van der Waals surface area contributed by atoms with Crippen LogP contribution >= 0.6 is 0 Å². The molecule has 31 heavy (non-hydrogen) atoms. The molecule has 1 saturated heterocycles. The number of halogens is 1. The molecule has 1 aromatic heterocycles. The van der Waals surface area contributed by atoms with Crippen molar-refractivity contribution in [3.8, 4) is 17.2 Å². The van der Waals surface area contributed by atoms with Crippen molar-refractivity contribution in [1.82, 2.24) is 9.88 Å². The molecule has 0 atom stereocenters. The van der Waals surface area contributed by atoms with Crippen molar-refractivity contribution in [2.24, 2.45) is 0 Å². The number of nitrogens with one attached hydrogen (secondary N) is 1. The highest BCUT2D eigenvalue weighted by Crippen LogP contribution is 2.36. The number of hydrogen-bond acceptors (Lipinski definition) is 7. The van der Waals surface area contributed by atoms with Crippen LogP contribution in [-0.4, -0.2) is 56.4 Å². The van der Waals surface area contributed by atoms with E-state index in [0.29, 0.717) is 17.2 Å². The average molecular weight is 426 g/mol. The molecule has 2 aromatic carbocycles. The molecule has 4 rings (SSSR count). The number of nitrogens with zero attached hydrogens (tertiary/aromatic N) is 2. The molecule has 0 aliphatic carbocycles. The fraction of sp³-hybridized carbons (Fsp3) is 0.348. The van der Waals surface area contributed by atoms with E-state index in [9.17, 15) is 4.39 Å². The van der Waals surface area contributed by atoms with Crippen LogP contribution in [0.15, 0.2) is 42.6 Å². The molecule has 1 aliphatic rings. The van der Waals surface area contributed by atoms with Crippen LogP contribution in [0.1, 0.15) is 6.42 Å². The fourth-order valence-electron chi connectivity index (χ4n) is 3.61. The van der Waals surface area contributed by atoms with E-state index in [2.05, 4.69) is 15.2 Å². The minimum absolute atomic E-state index is 0.103. The summed E-state index contributed by atoms with van der Waals surface area (Å²) in [5, 5.41) is 4.17. The zero-order chi connectivity index (χ0) is 21.6. The van der Waals surface area contributed by atoms with E-state index in [1.807, 2.05) is 12.1 Å². The Kier molecular flexibility index (Phi) is 6.69. The minimum atomic E-state index is -0.518. The van der Waals surface area contributed by atoms with Crippen LogP contribution in [0, 0.1) is 5.82 Å². The Morgan fingerprint density at radius 3 is 2.74 bits per heavy atom. The Bertz CT molecular complexity index is 1040. The molecule has 3 N–H and O–H groups in total. The first-order chi connectivity index (χ1) is 15.1. The monoisotopic (exact) mass is 426 g/mol. The van der Waals surface area contributed by atoms with Crippen molar-refractivity contribution in [3.63, 3.8) is 0 Å². The number of morpholine rings is 1. The molecule has 164 valence electrons. The third-order valence-corrected chi connectivity index (χ3v) is 5.27. The highest BCUT2D eigenvalue weighted by molar-refractivity contribution is 5.90. The Labute approximate surface area is 180 Å². The number of aromatic nitrogens is 1. The van der Waals surface area contributed by atoms with Crippen molar-refractivity contribution in [1.29, 1.82) is 0 Å². The standard InChI is InChI=1S/C23H27FN4O3/c1-29-23-14-17-19(15-20(23)26-6-2-8-28-9-11-30-12-10-28)27-7-5-21(17)31-22-4-3-16(25)13-18(22)24/h3-5,7,13-15,26H,2,6,8-12,25H2,1H3. The molecular weight excluding hydrogens is 399 g/mol. The molecule has 0 unspecified atom stereocenters. The van der Waals surface area contributed by atoms with Gasteiger partial charge in [0, 0.05) is 43.0 Å².